The molecule has 0 heterocycles. The molecule has 0 bridgehead atoms. The topological polar surface area (TPSA) is 113 Å². The summed E-state index contributed by atoms with van der Waals surface area (Å²) in [5.41, 5.74) is 6.34. The SMILES string of the molecule is COc1ccc2ccc(C(=N)N)cc2c1Sc1ccccc1.CS(=O)(=O)O. The molecule has 0 radical (unpaired) electrons. The first-order valence-corrected chi connectivity index (χ1v) is 10.5. The maximum absolute atomic E-state index is 9.19. The highest BCUT2D eigenvalue weighted by molar-refractivity contribution is 7.99. The van der Waals surface area contributed by atoms with Crippen molar-refractivity contribution in [2.75, 3.05) is 13.4 Å². The van der Waals surface area contributed by atoms with Crippen LogP contribution in [0.2, 0.25) is 0 Å². The number of amidine groups is 1. The van der Waals surface area contributed by atoms with Crippen LogP contribution in [0.25, 0.3) is 10.8 Å². The predicted octanol–water partition coefficient (Wildman–Crippen LogP) is 3.79. The summed E-state index contributed by atoms with van der Waals surface area (Å²) in [4.78, 5) is 2.18. The largest absolute Gasteiger partial charge is 0.496 e. The number of rotatable bonds is 4. The highest BCUT2D eigenvalue weighted by atomic mass is 32.2. The maximum atomic E-state index is 9.19. The summed E-state index contributed by atoms with van der Waals surface area (Å²) in [7, 11) is -1.99. The monoisotopic (exact) mass is 404 g/mol. The van der Waals surface area contributed by atoms with Gasteiger partial charge in [0, 0.05) is 15.8 Å². The smallest absolute Gasteiger partial charge is 0.261 e. The lowest BCUT2D eigenvalue weighted by atomic mass is 10.1. The van der Waals surface area contributed by atoms with Crippen molar-refractivity contribution in [3.63, 3.8) is 0 Å². The normalized spacial score (nSPS) is 10.8. The second kappa shape index (κ2) is 8.90. The van der Waals surface area contributed by atoms with Gasteiger partial charge in [-0.25, -0.2) is 0 Å². The molecule has 0 aliphatic carbocycles. The van der Waals surface area contributed by atoms with Crippen molar-refractivity contribution in [3.05, 3.63) is 66.2 Å². The van der Waals surface area contributed by atoms with E-state index in [0.29, 0.717) is 6.26 Å². The van der Waals surface area contributed by atoms with Gasteiger partial charge in [-0.05, 0) is 29.7 Å². The number of nitrogen functional groups attached to an aromatic ring is 1. The Labute approximate surface area is 162 Å². The van der Waals surface area contributed by atoms with Crippen LogP contribution >= 0.6 is 11.8 Å². The zero-order valence-electron chi connectivity index (χ0n) is 14.8. The third-order valence-electron chi connectivity index (χ3n) is 3.43. The molecule has 0 aromatic heterocycles. The van der Waals surface area contributed by atoms with Crippen molar-refractivity contribution in [1.29, 1.82) is 5.41 Å². The molecule has 8 heteroatoms. The Balaban J connectivity index is 0.000000465. The van der Waals surface area contributed by atoms with Crippen molar-refractivity contribution in [1.82, 2.24) is 0 Å². The van der Waals surface area contributed by atoms with Crippen molar-refractivity contribution < 1.29 is 17.7 Å². The molecule has 142 valence electrons. The molecular formula is C19H20N2O4S2. The lowest BCUT2D eigenvalue weighted by Crippen LogP contribution is -2.10. The molecular weight excluding hydrogens is 384 g/mol. The van der Waals surface area contributed by atoms with E-state index in [4.69, 9.17) is 20.4 Å². The van der Waals surface area contributed by atoms with Crippen molar-refractivity contribution >= 4 is 38.5 Å². The molecule has 27 heavy (non-hydrogen) atoms. The number of nitrogens with one attached hydrogen (secondary N) is 1. The van der Waals surface area contributed by atoms with Crippen LogP contribution in [0.4, 0.5) is 0 Å². The summed E-state index contributed by atoms with van der Waals surface area (Å²) in [6, 6.07) is 20.0. The number of nitrogens with two attached hydrogens (primary N) is 1. The standard InChI is InChI=1S/C18H16N2OS.CH4O3S/c1-21-16-10-9-12-7-8-13(18(19)20)11-15(12)17(16)22-14-5-3-2-4-6-14;1-5(2,3)4/h2-11H,1H3,(H3,19,20);1H3,(H,2,3,4). The number of ether oxygens (including phenoxy) is 1. The molecule has 3 rings (SSSR count). The summed E-state index contributed by atoms with van der Waals surface area (Å²) in [6.07, 6.45) is 0.715. The van der Waals surface area contributed by atoms with Gasteiger partial charge in [0.1, 0.15) is 11.6 Å². The van der Waals surface area contributed by atoms with E-state index in [-0.39, 0.29) is 5.84 Å². The van der Waals surface area contributed by atoms with Gasteiger partial charge in [0.15, 0.2) is 0 Å². The highest BCUT2D eigenvalue weighted by Crippen LogP contribution is 2.40. The molecule has 0 aliphatic rings. The average molecular weight is 405 g/mol. The lowest BCUT2D eigenvalue weighted by Gasteiger charge is -2.12. The fraction of sp³-hybridized carbons (Fsp3) is 0.105. The van der Waals surface area contributed by atoms with Gasteiger partial charge in [-0.3, -0.25) is 9.96 Å². The summed E-state index contributed by atoms with van der Waals surface area (Å²) in [6.45, 7) is 0. The van der Waals surface area contributed by atoms with Crippen LogP contribution < -0.4 is 10.5 Å². The van der Waals surface area contributed by atoms with Gasteiger partial charge >= 0.3 is 0 Å². The molecule has 0 unspecified atom stereocenters. The molecule has 0 aliphatic heterocycles. The minimum absolute atomic E-state index is 0.0698. The summed E-state index contributed by atoms with van der Waals surface area (Å²) < 4.78 is 31.4. The molecule has 6 nitrogen and oxygen atoms in total. The first kappa shape index (κ1) is 20.8. The Hall–Kier alpha value is -2.55. The summed E-state index contributed by atoms with van der Waals surface area (Å²) in [5, 5.41) is 9.78. The van der Waals surface area contributed by atoms with Crippen molar-refractivity contribution in [3.8, 4) is 5.75 Å². The molecule has 0 amide bonds. The molecule has 0 fully saturated rings. The van der Waals surface area contributed by atoms with Crippen molar-refractivity contribution in [2.24, 2.45) is 5.73 Å². The first-order chi connectivity index (χ1) is 12.7. The van der Waals surface area contributed by atoms with Gasteiger partial charge < -0.3 is 10.5 Å². The Morgan fingerprint density at radius 1 is 1.11 bits per heavy atom. The van der Waals surface area contributed by atoms with Crippen LogP contribution in [0.5, 0.6) is 5.75 Å². The quantitative estimate of drug-likeness (QED) is 0.346. The summed E-state index contributed by atoms with van der Waals surface area (Å²) >= 11 is 1.65. The van der Waals surface area contributed by atoms with E-state index in [9.17, 15) is 8.42 Å². The van der Waals surface area contributed by atoms with E-state index >= 15 is 0 Å². The average Bonchev–Trinajstić information content (AvgIpc) is 2.61. The third-order valence-corrected chi connectivity index (χ3v) is 4.56. The number of hydrogen-bond acceptors (Lipinski definition) is 5. The van der Waals surface area contributed by atoms with Gasteiger partial charge in [-0.15, -0.1) is 0 Å². The molecule has 0 saturated heterocycles. The van der Waals surface area contributed by atoms with Crippen molar-refractivity contribution in [2.45, 2.75) is 9.79 Å². The fourth-order valence-corrected chi connectivity index (χ4v) is 3.38. The van der Waals surface area contributed by atoms with Crippen LogP contribution in [-0.2, 0) is 10.1 Å². The minimum atomic E-state index is -3.67. The second-order valence-corrected chi connectivity index (χ2v) is 8.14. The number of methoxy groups -OCH3 is 1. The number of hydrogen-bond donors (Lipinski definition) is 3. The van der Waals surface area contributed by atoms with Gasteiger partial charge in [0.2, 0.25) is 0 Å². The van der Waals surface area contributed by atoms with Crippen LogP contribution in [-0.4, -0.2) is 32.2 Å². The molecule has 3 aromatic rings. The third kappa shape index (κ3) is 6.28. The van der Waals surface area contributed by atoms with Gasteiger partial charge in [0.05, 0.1) is 18.3 Å². The van der Waals surface area contributed by atoms with E-state index in [1.807, 2.05) is 48.5 Å². The van der Waals surface area contributed by atoms with Gasteiger partial charge in [-0.1, -0.05) is 48.2 Å². The van der Waals surface area contributed by atoms with E-state index in [0.717, 1.165) is 31.9 Å². The number of fused-ring (bicyclic) bond motifs is 1. The lowest BCUT2D eigenvalue weighted by molar-refractivity contribution is 0.406. The fourth-order valence-electron chi connectivity index (χ4n) is 2.31. The molecule has 0 atom stereocenters. The predicted molar refractivity (Wildman–Crippen MR) is 110 cm³/mol. The zero-order valence-corrected chi connectivity index (χ0v) is 16.5. The van der Waals surface area contributed by atoms with E-state index in [1.165, 1.54) is 0 Å². The Morgan fingerprint density at radius 2 is 1.70 bits per heavy atom. The molecule has 0 spiro atoms. The second-order valence-electron chi connectivity index (χ2n) is 5.59. The zero-order chi connectivity index (χ0) is 20.0. The van der Waals surface area contributed by atoms with Gasteiger partial charge in [0.25, 0.3) is 10.1 Å². The van der Waals surface area contributed by atoms with Gasteiger partial charge in [-0.2, -0.15) is 8.42 Å². The molecule has 4 N–H and O–H groups in total. The Morgan fingerprint density at radius 3 is 2.26 bits per heavy atom. The Kier molecular flexibility index (Phi) is 6.84. The first-order valence-electron chi connectivity index (χ1n) is 7.79. The maximum Gasteiger partial charge on any atom is 0.261 e. The summed E-state index contributed by atoms with van der Waals surface area (Å²) in [5.74, 6) is 0.891. The minimum Gasteiger partial charge on any atom is -0.496 e. The van der Waals surface area contributed by atoms with Crippen LogP contribution in [0.3, 0.4) is 0 Å². The number of benzene rings is 3. The van der Waals surface area contributed by atoms with Crippen LogP contribution in [0.1, 0.15) is 5.56 Å². The highest BCUT2D eigenvalue weighted by Gasteiger charge is 2.11. The van der Waals surface area contributed by atoms with Crippen LogP contribution in [0, 0.1) is 5.41 Å². The van der Waals surface area contributed by atoms with E-state index in [2.05, 4.69) is 12.1 Å². The van der Waals surface area contributed by atoms with Crippen LogP contribution in [0.15, 0.2) is 70.5 Å². The van der Waals surface area contributed by atoms with E-state index in [1.54, 1.807) is 18.9 Å². The molecule has 0 saturated carbocycles. The molecule has 3 aromatic carbocycles. The Bertz CT molecular complexity index is 1040. The van der Waals surface area contributed by atoms with E-state index < -0.39 is 10.1 Å².